The van der Waals surface area contributed by atoms with Crippen LogP contribution in [0.4, 0.5) is 0 Å². The first kappa shape index (κ1) is 14.9. The second-order valence-corrected chi connectivity index (χ2v) is 3.72. The lowest BCUT2D eigenvalue weighted by atomic mass is 10.1. The van der Waals surface area contributed by atoms with Crippen LogP contribution >= 0.6 is 0 Å². The van der Waals surface area contributed by atoms with Crippen molar-refractivity contribution >= 4 is 11.9 Å². The Hall–Kier alpha value is -1.10. The zero-order valence-corrected chi connectivity index (χ0v) is 9.65. The molecular weight excluding hydrogens is 212 g/mol. The Morgan fingerprint density at radius 2 is 2.00 bits per heavy atom. The number of esters is 1. The van der Waals surface area contributed by atoms with Gasteiger partial charge in [0.25, 0.3) is 0 Å². The molecular formula is C11H20O5. The lowest BCUT2D eigenvalue weighted by Crippen LogP contribution is -2.16. The molecule has 2 N–H and O–H groups in total. The van der Waals surface area contributed by atoms with Crippen molar-refractivity contribution < 1.29 is 24.5 Å². The van der Waals surface area contributed by atoms with Gasteiger partial charge in [0.2, 0.25) is 0 Å². The zero-order valence-electron chi connectivity index (χ0n) is 9.65. The summed E-state index contributed by atoms with van der Waals surface area (Å²) in [5.41, 5.74) is 0. The maximum atomic E-state index is 11.1. The number of unbranched alkanes of at least 4 members (excludes halogenated alkanes) is 1. The van der Waals surface area contributed by atoms with E-state index >= 15 is 0 Å². The summed E-state index contributed by atoms with van der Waals surface area (Å²) in [6.07, 6.45) is 1.95. The van der Waals surface area contributed by atoms with Gasteiger partial charge in [0.05, 0.1) is 19.1 Å². The summed E-state index contributed by atoms with van der Waals surface area (Å²) in [4.78, 5) is 21.3. The van der Waals surface area contributed by atoms with E-state index in [4.69, 9.17) is 9.84 Å². The molecule has 0 aliphatic rings. The van der Waals surface area contributed by atoms with Gasteiger partial charge in [-0.05, 0) is 19.3 Å². The summed E-state index contributed by atoms with van der Waals surface area (Å²) in [6, 6.07) is 0. The monoisotopic (exact) mass is 232 g/mol. The van der Waals surface area contributed by atoms with E-state index in [1.807, 2.05) is 6.92 Å². The number of hydrogen-bond acceptors (Lipinski definition) is 4. The molecule has 16 heavy (non-hydrogen) atoms. The highest BCUT2D eigenvalue weighted by molar-refractivity contribution is 5.69. The topological polar surface area (TPSA) is 83.8 Å². The summed E-state index contributed by atoms with van der Waals surface area (Å²) in [6.45, 7) is 2.16. The quantitative estimate of drug-likeness (QED) is 0.463. The smallest absolute Gasteiger partial charge is 0.308 e. The number of rotatable bonds is 9. The van der Waals surface area contributed by atoms with Crippen LogP contribution in [-0.2, 0) is 14.3 Å². The lowest BCUT2D eigenvalue weighted by molar-refractivity contribution is -0.146. The number of ether oxygens (including phenoxy) is 1. The van der Waals surface area contributed by atoms with Crippen molar-refractivity contribution in [3.05, 3.63) is 0 Å². The van der Waals surface area contributed by atoms with E-state index in [9.17, 15) is 14.7 Å². The van der Waals surface area contributed by atoms with E-state index in [-0.39, 0.29) is 19.4 Å². The third kappa shape index (κ3) is 9.45. The summed E-state index contributed by atoms with van der Waals surface area (Å²) in [5.74, 6) is -1.26. The molecule has 0 saturated heterocycles. The largest absolute Gasteiger partial charge is 0.481 e. The Morgan fingerprint density at radius 3 is 2.56 bits per heavy atom. The molecule has 0 amide bonds. The predicted molar refractivity (Wildman–Crippen MR) is 58.0 cm³/mol. The number of aliphatic carboxylic acids is 1. The molecule has 0 saturated carbocycles. The van der Waals surface area contributed by atoms with Gasteiger partial charge in [-0.1, -0.05) is 13.3 Å². The fourth-order valence-corrected chi connectivity index (χ4v) is 1.25. The first-order chi connectivity index (χ1) is 7.56. The van der Waals surface area contributed by atoms with Crippen molar-refractivity contribution in [2.75, 3.05) is 6.61 Å². The van der Waals surface area contributed by atoms with E-state index in [0.717, 1.165) is 6.42 Å². The number of carbonyl (C=O) groups is 2. The highest BCUT2D eigenvalue weighted by Gasteiger charge is 2.10. The zero-order chi connectivity index (χ0) is 12.4. The molecule has 0 aliphatic heterocycles. The van der Waals surface area contributed by atoms with Gasteiger partial charge in [-0.15, -0.1) is 0 Å². The van der Waals surface area contributed by atoms with Crippen LogP contribution in [0.15, 0.2) is 0 Å². The van der Waals surface area contributed by atoms with Crippen molar-refractivity contribution in [3.8, 4) is 0 Å². The highest BCUT2D eigenvalue weighted by Crippen LogP contribution is 2.03. The van der Waals surface area contributed by atoms with Gasteiger partial charge in [-0.2, -0.15) is 0 Å². The molecule has 0 bridgehead atoms. The molecule has 0 rings (SSSR count). The van der Waals surface area contributed by atoms with Gasteiger partial charge >= 0.3 is 11.9 Å². The summed E-state index contributed by atoms with van der Waals surface area (Å²) in [7, 11) is 0. The molecule has 0 spiro atoms. The first-order valence-electron chi connectivity index (χ1n) is 5.61. The van der Waals surface area contributed by atoms with Crippen LogP contribution in [0.1, 0.15) is 45.4 Å². The van der Waals surface area contributed by atoms with Gasteiger partial charge < -0.3 is 14.9 Å². The summed E-state index contributed by atoms with van der Waals surface area (Å²) in [5, 5.41) is 17.7. The minimum Gasteiger partial charge on any atom is -0.481 e. The SMILES string of the molecule is CCCC(O)CC(=O)OCCCCC(=O)O. The Kier molecular flexibility index (Phi) is 8.52. The molecule has 0 radical (unpaired) electrons. The molecule has 0 aromatic carbocycles. The fraction of sp³-hybridized carbons (Fsp3) is 0.818. The van der Waals surface area contributed by atoms with E-state index in [0.29, 0.717) is 19.3 Å². The molecule has 0 fully saturated rings. The Labute approximate surface area is 95.4 Å². The number of carboxylic acid groups (broad SMARTS) is 1. The molecule has 94 valence electrons. The average Bonchev–Trinajstić information content (AvgIpc) is 2.16. The van der Waals surface area contributed by atoms with Crippen molar-refractivity contribution in [2.45, 2.75) is 51.6 Å². The van der Waals surface area contributed by atoms with Crippen LogP contribution in [0.3, 0.4) is 0 Å². The minimum absolute atomic E-state index is 0.0206. The van der Waals surface area contributed by atoms with E-state index in [1.54, 1.807) is 0 Å². The second kappa shape index (κ2) is 9.15. The van der Waals surface area contributed by atoms with Crippen molar-refractivity contribution in [2.24, 2.45) is 0 Å². The first-order valence-corrected chi connectivity index (χ1v) is 5.61. The number of aliphatic hydroxyl groups is 1. The second-order valence-electron chi connectivity index (χ2n) is 3.72. The van der Waals surface area contributed by atoms with Gasteiger partial charge in [0.1, 0.15) is 0 Å². The highest BCUT2D eigenvalue weighted by atomic mass is 16.5. The maximum Gasteiger partial charge on any atom is 0.308 e. The normalized spacial score (nSPS) is 12.1. The van der Waals surface area contributed by atoms with E-state index < -0.39 is 18.0 Å². The van der Waals surface area contributed by atoms with Crippen LogP contribution in [-0.4, -0.2) is 34.9 Å². The maximum absolute atomic E-state index is 11.1. The number of hydrogen-bond donors (Lipinski definition) is 2. The van der Waals surface area contributed by atoms with Crippen LogP contribution in [0.25, 0.3) is 0 Å². The fourth-order valence-electron chi connectivity index (χ4n) is 1.25. The molecule has 1 atom stereocenters. The standard InChI is InChI=1S/C11H20O5/c1-2-5-9(12)8-11(15)16-7-4-3-6-10(13)14/h9,12H,2-8H2,1H3,(H,13,14). The van der Waals surface area contributed by atoms with E-state index in [2.05, 4.69) is 0 Å². The van der Waals surface area contributed by atoms with Crippen LogP contribution in [0.2, 0.25) is 0 Å². The average molecular weight is 232 g/mol. The number of aliphatic hydroxyl groups excluding tert-OH is 1. The van der Waals surface area contributed by atoms with Crippen molar-refractivity contribution in [3.63, 3.8) is 0 Å². The lowest BCUT2D eigenvalue weighted by Gasteiger charge is -2.08. The molecule has 0 aromatic rings. The molecule has 0 heterocycles. The summed E-state index contributed by atoms with van der Waals surface area (Å²) < 4.78 is 4.85. The number of carbonyl (C=O) groups excluding carboxylic acids is 1. The van der Waals surface area contributed by atoms with Gasteiger partial charge in [0, 0.05) is 6.42 Å². The van der Waals surface area contributed by atoms with Crippen molar-refractivity contribution in [1.82, 2.24) is 0 Å². The van der Waals surface area contributed by atoms with E-state index in [1.165, 1.54) is 0 Å². The minimum atomic E-state index is -0.843. The molecule has 1 unspecified atom stereocenters. The molecule has 5 heteroatoms. The Balaban J connectivity index is 3.40. The number of carboxylic acids is 1. The molecule has 0 aliphatic carbocycles. The Bertz CT molecular complexity index is 214. The van der Waals surface area contributed by atoms with Crippen LogP contribution in [0, 0.1) is 0 Å². The molecule has 0 aromatic heterocycles. The Morgan fingerprint density at radius 1 is 1.31 bits per heavy atom. The van der Waals surface area contributed by atoms with Crippen molar-refractivity contribution in [1.29, 1.82) is 0 Å². The molecule has 5 nitrogen and oxygen atoms in total. The predicted octanol–water partition coefficient (Wildman–Crippen LogP) is 1.34. The van der Waals surface area contributed by atoms with Crippen LogP contribution < -0.4 is 0 Å². The van der Waals surface area contributed by atoms with Gasteiger partial charge in [0.15, 0.2) is 0 Å². The van der Waals surface area contributed by atoms with Gasteiger partial charge in [-0.3, -0.25) is 9.59 Å². The third-order valence-electron chi connectivity index (χ3n) is 2.07. The van der Waals surface area contributed by atoms with Crippen LogP contribution in [0.5, 0.6) is 0 Å². The van der Waals surface area contributed by atoms with Gasteiger partial charge in [-0.25, -0.2) is 0 Å². The third-order valence-corrected chi connectivity index (χ3v) is 2.07. The summed E-state index contributed by atoms with van der Waals surface area (Å²) >= 11 is 0.